The molecule has 1 saturated heterocycles. The van der Waals surface area contributed by atoms with E-state index in [1.54, 1.807) is 0 Å². The molecule has 0 aliphatic carbocycles. The summed E-state index contributed by atoms with van der Waals surface area (Å²) in [5.41, 5.74) is 2.06. The van der Waals surface area contributed by atoms with E-state index in [-0.39, 0.29) is 11.9 Å². The summed E-state index contributed by atoms with van der Waals surface area (Å²) in [7, 11) is 0. The van der Waals surface area contributed by atoms with Gasteiger partial charge >= 0.3 is 5.97 Å². The minimum Gasteiger partial charge on any atom is -0.464 e. The highest BCUT2D eigenvalue weighted by Crippen LogP contribution is 2.09. The first kappa shape index (κ1) is 11.6. The highest BCUT2D eigenvalue weighted by atomic mass is 16.5. The van der Waals surface area contributed by atoms with E-state index in [0.717, 1.165) is 11.1 Å². The molecule has 0 spiro atoms. The van der Waals surface area contributed by atoms with Crippen LogP contribution in [0.5, 0.6) is 0 Å². The van der Waals surface area contributed by atoms with Gasteiger partial charge in [-0.2, -0.15) is 0 Å². The van der Waals surface area contributed by atoms with E-state index in [1.165, 1.54) is 0 Å². The van der Waals surface area contributed by atoms with E-state index in [0.29, 0.717) is 19.4 Å². The van der Waals surface area contributed by atoms with Gasteiger partial charge in [0.25, 0.3) is 0 Å². The van der Waals surface area contributed by atoms with Gasteiger partial charge in [0, 0.05) is 6.42 Å². The number of ether oxygens (including phenoxy) is 1. The maximum atomic E-state index is 11.7. The Kier molecular flexibility index (Phi) is 3.42. The van der Waals surface area contributed by atoms with E-state index >= 15 is 0 Å². The fraction of sp³-hybridized carbons (Fsp3) is 0.385. The molecular formula is C13H15NO3. The molecule has 2 rings (SSSR count). The number of aryl methyl sites for hydroxylation is 1. The van der Waals surface area contributed by atoms with E-state index in [9.17, 15) is 9.59 Å². The minimum absolute atomic E-state index is 0.136. The number of hydrogen-bond donors (Lipinski definition) is 1. The smallest absolute Gasteiger partial charge is 0.328 e. The number of hydrogen-bond acceptors (Lipinski definition) is 3. The lowest BCUT2D eigenvalue weighted by Crippen LogP contribution is -2.38. The zero-order valence-corrected chi connectivity index (χ0v) is 9.73. The predicted octanol–water partition coefficient (Wildman–Crippen LogP) is 0.969. The molecule has 1 unspecified atom stereocenters. The van der Waals surface area contributed by atoms with Crippen molar-refractivity contribution in [3.63, 3.8) is 0 Å². The highest BCUT2D eigenvalue weighted by molar-refractivity contribution is 5.86. The zero-order valence-electron chi connectivity index (χ0n) is 9.73. The first-order valence-electron chi connectivity index (χ1n) is 5.67. The Bertz CT molecular complexity index is 442. The lowest BCUT2D eigenvalue weighted by atomic mass is 10.1. The number of cyclic esters (lactones) is 1. The van der Waals surface area contributed by atoms with Crippen molar-refractivity contribution in [1.82, 2.24) is 5.32 Å². The molecule has 0 saturated carbocycles. The predicted molar refractivity (Wildman–Crippen MR) is 62.4 cm³/mol. The number of amides is 1. The molecule has 1 aromatic rings. The third kappa shape index (κ3) is 2.84. The average molecular weight is 233 g/mol. The Labute approximate surface area is 100.0 Å². The highest BCUT2D eigenvalue weighted by Gasteiger charge is 2.27. The molecule has 4 heteroatoms. The van der Waals surface area contributed by atoms with Gasteiger partial charge in [0.2, 0.25) is 5.91 Å². The van der Waals surface area contributed by atoms with Crippen LogP contribution in [0.15, 0.2) is 24.3 Å². The van der Waals surface area contributed by atoms with Gasteiger partial charge in [0.15, 0.2) is 0 Å². The van der Waals surface area contributed by atoms with Crippen LogP contribution in [-0.4, -0.2) is 24.5 Å². The van der Waals surface area contributed by atoms with E-state index < -0.39 is 6.04 Å². The van der Waals surface area contributed by atoms with E-state index in [1.807, 2.05) is 31.2 Å². The first-order chi connectivity index (χ1) is 8.16. The summed E-state index contributed by atoms with van der Waals surface area (Å²) in [6.07, 6.45) is 0.870. The Morgan fingerprint density at radius 1 is 1.47 bits per heavy atom. The van der Waals surface area contributed by atoms with Crippen molar-refractivity contribution < 1.29 is 14.3 Å². The fourth-order valence-electron chi connectivity index (χ4n) is 1.85. The zero-order chi connectivity index (χ0) is 12.3. The molecule has 90 valence electrons. The van der Waals surface area contributed by atoms with Gasteiger partial charge in [-0.3, -0.25) is 4.79 Å². The van der Waals surface area contributed by atoms with Crippen molar-refractivity contribution >= 4 is 11.9 Å². The monoisotopic (exact) mass is 233 g/mol. The normalized spacial score (nSPS) is 18.9. The maximum absolute atomic E-state index is 11.7. The van der Waals surface area contributed by atoms with Crippen LogP contribution >= 0.6 is 0 Å². The summed E-state index contributed by atoms with van der Waals surface area (Å²) >= 11 is 0. The lowest BCUT2D eigenvalue weighted by molar-refractivity contribution is -0.141. The van der Waals surface area contributed by atoms with Crippen molar-refractivity contribution in [2.75, 3.05) is 6.61 Å². The molecule has 17 heavy (non-hydrogen) atoms. The lowest BCUT2D eigenvalue weighted by Gasteiger charge is -2.09. The van der Waals surface area contributed by atoms with Gasteiger partial charge in [-0.15, -0.1) is 0 Å². The molecule has 1 heterocycles. The molecule has 0 aromatic heterocycles. The summed E-state index contributed by atoms with van der Waals surface area (Å²) in [4.78, 5) is 22.9. The molecule has 1 aliphatic rings. The first-order valence-corrected chi connectivity index (χ1v) is 5.67. The van der Waals surface area contributed by atoms with Gasteiger partial charge in [-0.1, -0.05) is 24.3 Å². The number of rotatable bonds is 3. The summed E-state index contributed by atoms with van der Waals surface area (Å²) in [6, 6.07) is 7.25. The van der Waals surface area contributed by atoms with Crippen molar-refractivity contribution in [2.45, 2.75) is 25.8 Å². The number of esters is 1. The summed E-state index contributed by atoms with van der Waals surface area (Å²) < 4.78 is 4.79. The van der Waals surface area contributed by atoms with E-state index in [4.69, 9.17) is 4.74 Å². The molecule has 1 aliphatic heterocycles. The molecule has 1 amide bonds. The molecule has 1 atom stereocenters. The largest absolute Gasteiger partial charge is 0.464 e. The Hall–Kier alpha value is -1.84. The second-order valence-electron chi connectivity index (χ2n) is 4.18. The van der Waals surface area contributed by atoms with E-state index in [2.05, 4.69) is 5.32 Å². The van der Waals surface area contributed by atoms with Crippen LogP contribution in [0.4, 0.5) is 0 Å². The van der Waals surface area contributed by atoms with Crippen LogP contribution in [-0.2, 0) is 20.7 Å². The molecule has 0 bridgehead atoms. The van der Waals surface area contributed by atoms with Crippen LogP contribution < -0.4 is 5.32 Å². The fourth-order valence-corrected chi connectivity index (χ4v) is 1.85. The Morgan fingerprint density at radius 3 is 2.88 bits per heavy atom. The summed E-state index contributed by atoms with van der Waals surface area (Å²) in [5.74, 6) is -0.466. The van der Waals surface area contributed by atoms with Crippen LogP contribution in [0, 0.1) is 6.92 Å². The molecule has 1 fully saturated rings. The van der Waals surface area contributed by atoms with Crippen LogP contribution in [0.25, 0.3) is 0 Å². The maximum Gasteiger partial charge on any atom is 0.328 e. The Balaban J connectivity index is 1.93. The second kappa shape index (κ2) is 4.99. The SMILES string of the molecule is Cc1ccccc1CC(=O)NC1CCOC1=O. The van der Waals surface area contributed by atoms with Crippen molar-refractivity contribution in [3.05, 3.63) is 35.4 Å². The third-order valence-electron chi connectivity index (χ3n) is 2.88. The number of nitrogens with one attached hydrogen (secondary N) is 1. The van der Waals surface area contributed by atoms with Crippen molar-refractivity contribution in [2.24, 2.45) is 0 Å². The Morgan fingerprint density at radius 2 is 2.24 bits per heavy atom. The van der Waals surface area contributed by atoms with Crippen LogP contribution in [0.3, 0.4) is 0 Å². The topological polar surface area (TPSA) is 55.4 Å². The molecule has 0 radical (unpaired) electrons. The van der Waals surface area contributed by atoms with Crippen LogP contribution in [0.2, 0.25) is 0 Å². The average Bonchev–Trinajstić information content (AvgIpc) is 2.68. The second-order valence-corrected chi connectivity index (χ2v) is 4.18. The summed E-state index contributed by atoms with van der Waals surface area (Å²) in [6.45, 7) is 2.36. The van der Waals surface area contributed by atoms with Crippen LogP contribution in [0.1, 0.15) is 17.5 Å². The number of benzene rings is 1. The minimum atomic E-state index is -0.466. The quantitative estimate of drug-likeness (QED) is 0.791. The summed E-state index contributed by atoms with van der Waals surface area (Å²) in [5, 5.41) is 2.69. The van der Waals surface area contributed by atoms with Gasteiger partial charge in [-0.25, -0.2) is 4.79 Å². The molecule has 1 N–H and O–H groups in total. The van der Waals surface area contributed by atoms with Crippen molar-refractivity contribution in [3.8, 4) is 0 Å². The van der Waals surface area contributed by atoms with Gasteiger partial charge in [-0.05, 0) is 18.1 Å². The number of carbonyl (C=O) groups excluding carboxylic acids is 2. The van der Waals surface area contributed by atoms with Gasteiger partial charge in [0.05, 0.1) is 13.0 Å². The molecular weight excluding hydrogens is 218 g/mol. The van der Waals surface area contributed by atoms with Gasteiger partial charge < -0.3 is 10.1 Å². The van der Waals surface area contributed by atoms with Crippen molar-refractivity contribution in [1.29, 1.82) is 0 Å². The third-order valence-corrected chi connectivity index (χ3v) is 2.88. The standard InChI is InChI=1S/C13H15NO3/c1-9-4-2-3-5-10(9)8-12(15)14-11-6-7-17-13(11)16/h2-5,11H,6-8H2,1H3,(H,14,15). The molecule has 4 nitrogen and oxygen atoms in total. The number of carbonyl (C=O) groups is 2. The van der Waals surface area contributed by atoms with Gasteiger partial charge in [0.1, 0.15) is 6.04 Å². The molecule has 1 aromatic carbocycles.